The van der Waals surface area contributed by atoms with Crippen molar-refractivity contribution in [2.24, 2.45) is 0 Å². The molecule has 4 nitrogen and oxygen atoms in total. The highest BCUT2D eigenvalue weighted by atomic mass is 35.5. The minimum atomic E-state index is -1.61. The fourth-order valence-corrected chi connectivity index (χ4v) is 2.26. The second kappa shape index (κ2) is 6.96. The van der Waals surface area contributed by atoms with E-state index in [-0.39, 0.29) is 17.9 Å². The van der Waals surface area contributed by atoms with Gasteiger partial charge in [-0.15, -0.1) is 0 Å². The van der Waals surface area contributed by atoms with Crippen LogP contribution in [0.25, 0.3) is 0 Å². The van der Waals surface area contributed by atoms with Crippen LogP contribution in [-0.2, 0) is 6.54 Å². The standard InChI is InChI=1S/C14H12BCl2NO3/c16-12-5-4-10(13(17)7-12)8-18-14(19)9-2-1-3-11(6-9)15(20)21/h1-7,20-21H,8H2,(H,18,19). The summed E-state index contributed by atoms with van der Waals surface area (Å²) < 4.78 is 0. The van der Waals surface area contributed by atoms with Crippen molar-refractivity contribution in [2.75, 3.05) is 0 Å². The molecule has 0 bridgehead atoms. The minimum absolute atomic E-state index is 0.251. The molecule has 0 heterocycles. The fraction of sp³-hybridized carbons (Fsp3) is 0.0714. The molecule has 0 unspecified atom stereocenters. The SMILES string of the molecule is O=C(NCc1ccc(Cl)cc1Cl)c1cccc(B(O)O)c1. The van der Waals surface area contributed by atoms with Crippen LogP contribution in [-0.4, -0.2) is 23.1 Å². The summed E-state index contributed by atoms with van der Waals surface area (Å²) in [5.74, 6) is -0.330. The van der Waals surface area contributed by atoms with Crippen molar-refractivity contribution in [1.29, 1.82) is 0 Å². The van der Waals surface area contributed by atoms with Gasteiger partial charge in [0.15, 0.2) is 0 Å². The Morgan fingerprint density at radius 1 is 1.14 bits per heavy atom. The second-order valence-corrected chi connectivity index (χ2v) is 5.26. The highest BCUT2D eigenvalue weighted by Gasteiger charge is 2.13. The average Bonchev–Trinajstić information content (AvgIpc) is 2.46. The number of carbonyl (C=O) groups is 1. The molecule has 1 amide bonds. The van der Waals surface area contributed by atoms with E-state index in [1.54, 1.807) is 30.3 Å². The summed E-state index contributed by atoms with van der Waals surface area (Å²) in [6, 6.07) is 11.1. The number of carbonyl (C=O) groups excluding carboxylic acids is 1. The normalized spacial score (nSPS) is 10.3. The van der Waals surface area contributed by atoms with Crippen molar-refractivity contribution in [3.63, 3.8) is 0 Å². The van der Waals surface area contributed by atoms with E-state index >= 15 is 0 Å². The van der Waals surface area contributed by atoms with Crippen LogP contribution in [0.2, 0.25) is 10.0 Å². The van der Waals surface area contributed by atoms with Crippen LogP contribution < -0.4 is 10.8 Å². The molecular weight excluding hydrogens is 312 g/mol. The number of nitrogens with one attached hydrogen (secondary N) is 1. The molecule has 0 aliphatic carbocycles. The van der Waals surface area contributed by atoms with E-state index < -0.39 is 7.12 Å². The number of hydrogen-bond acceptors (Lipinski definition) is 3. The van der Waals surface area contributed by atoms with Gasteiger partial charge >= 0.3 is 7.12 Å². The van der Waals surface area contributed by atoms with Crippen molar-refractivity contribution in [3.8, 4) is 0 Å². The van der Waals surface area contributed by atoms with Gasteiger partial charge < -0.3 is 15.4 Å². The van der Waals surface area contributed by atoms with Gasteiger partial charge in [0.2, 0.25) is 0 Å². The third-order valence-electron chi connectivity index (χ3n) is 2.90. The van der Waals surface area contributed by atoms with Gasteiger partial charge in [-0.2, -0.15) is 0 Å². The highest BCUT2D eigenvalue weighted by molar-refractivity contribution is 6.58. The monoisotopic (exact) mass is 323 g/mol. The van der Waals surface area contributed by atoms with Gasteiger partial charge in [0, 0.05) is 22.2 Å². The van der Waals surface area contributed by atoms with E-state index in [2.05, 4.69) is 5.32 Å². The Morgan fingerprint density at radius 2 is 1.90 bits per heavy atom. The maximum absolute atomic E-state index is 12.0. The Morgan fingerprint density at radius 3 is 2.57 bits per heavy atom. The molecule has 2 aromatic carbocycles. The summed E-state index contributed by atoms with van der Waals surface area (Å²) in [5.41, 5.74) is 1.34. The molecule has 2 rings (SSSR count). The molecule has 0 radical (unpaired) electrons. The molecular formula is C14H12BCl2NO3. The zero-order valence-corrected chi connectivity index (χ0v) is 12.4. The molecule has 0 saturated heterocycles. The van der Waals surface area contributed by atoms with Gasteiger partial charge in [0.05, 0.1) is 0 Å². The number of halogens is 2. The van der Waals surface area contributed by atoms with Gasteiger partial charge in [0.25, 0.3) is 5.91 Å². The second-order valence-electron chi connectivity index (χ2n) is 4.42. The first kappa shape index (κ1) is 15.9. The Balaban J connectivity index is 2.06. The largest absolute Gasteiger partial charge is 0.488 e. The topological polar surface area (TPSA) is 69.6 Å². The molecule has 0 fully saturated rings. The van der Waals surface area contributed by atoms with Crippen molar-refractivity contribution in [2.45, 2.75) is 6.54 Å². The summed E-state index contributed by atoms with van der Waals surface area (Å²) in [7, 11) is -1.61. The lowest BCUT2D eigenvalue weighted by Crippen LogP contribution is -2.31. The molecule has 108 valence electrons. The first-order valence-electron chi connectivity index (χ1n) is 6.15. The number of benzene rings is 2. The highest BCUT2D eigenvalue weighted by Crippen LogP contribution is 2.20. The van der Waals surface area contributed by atoms with E-state index in [4.69, 9.17) is 33.2 Å². The maximum atomic E-state index is 12.0. The summed E-state index contributed by atoms with van der Waals surface area (Å²) in [6.45, 7) is 0.251. The lowest BCUT2D eigenvalue weighted by atomic mass is 9.79. The summed E-state index contributed by atoms with van der Waals surface area (Å²) in [4.78, 5) is 12.0. The molecule has 0 aliphatic rings. The molecule has 3 N–H and O–H groups in total. The van der Waals surface area contributed by atoms with Crippen LogP contribution in [0.3, 0.4) is 0 Å². The molecule has 0 spiro atoms. The lowest BCUT2D eigenvalue weighted by molar-refractivity contribution is 0.0951. The van der Waals surface area contributed by atoms with E-state index in [0.29, 0.717) is 15.6 Å². The first-order chi connectivity index (χ1) is 9.97. The van der Waals surface area contributed by atoms with Gasteiger partial charge in [-0.25, -0.2) is 0 Å². The predicted molar refractivity (Wildman–Crippen MR) is 83.9 cm³/mol. The molecule has 0 saturated carbocycles. The average molecular weight is 324 g/mol. The predicted octanol–water partition coefficient (Wildman–Crippen LogP) is 1.60. The van der Waals surface area contributed by atoms with E-state index in [9.17, 15) is 4.79 Å². The van der Waals surface area contributed by atoms with Crippen molar-refractivity contribution < 1.29 is 14.8 Å². The van der Waals surface area contributed by atoms with Crippen molar-refractivity contribution >= 4 is 41.7 Å². The summed E-state index contributed by atoms with van der Waals surface area (Å²) in [5, 5.41) is 21.9. The quantitative estimate of drug-likeness (QED) is 0.749. The van der Waals surface area contributed by atoms with E-state index in [1.165, 1.54) is 12.1 Å². The van der Waals surface area contributed by atoms with Gasteiger partial charge in [0.1, 0.15) is 0 Å². The van der Waals surface area contributed by atoms with E-state index in [0.717, 1.165) is 5.56 Å². The van der Waals surface area contributed by atoms with Crippen LogP contribution >= 0.6 is 23.2 Å². The van der Waals surface area contributed by atoms with Crippen LogP contribution in [0, 0.1) is 0 Å². The van der Waals surface area contributed by atoms with E-state index in [1.807, 2.05) is 0 Å². The van der Waals surface area contributed by atoms with Crippen LogP contribution in [0.1, 0.15) is 15.9 Å². The molecule has 2 aromatic rings. The lowest BCUT2D eigenvalue weighted by Gasteiger charge is -2.08. The third kappa shape index (κ3) is 4.22. The number of amides is 1. The molecule has 21 heavy (non-hydrogen) atoms. The zero-order valence-electron chi connectivity index (χ0n) is 10.9. The number of hydrogen-bond donors (Lipinski definition) is 3. The zero-order chi connectivity index (χ0) is 15.4. The fourth-order valence-electron chi connectivity index (χ4n) is 1.78. The Labute approximate surface area is 132 Å². The van der Waals surface area contributed by atoms with Crippen LogP contribution in [0.15, 0.2) is 42.5 Å². The van der Waals surface area contributed by atoms with Crippen LogP contribution in [0.5, 0.6) is 0 Å². The van der Waals surface area contributed by atoms with Gasteiger partial charge in [-0.05, 0) is 35.3 Å². The van der Waals surface area contributed by atoms with Crippen molar-refractivity contribution in [3.05, 3.63) is 63.6 Å². The van der Waals surface area contributed by atoms with Gasteiger partial charge in [-0.3, -0.25) is 4.79 Å². The summed E-state index contributed by atoms with van der Waals surface area (Å²) >= 11 is 11.8. The Bertz CT molecular complexity index is 664. The smallest absolute Gasteiger partial charge is 0.423 e. The van der Waals surface area contributed by atoms with Gasteiger partial charge in [-0.1, -0.05) is 41.4 Å². The Kier molecular flexibility index (Phi) is 5.25. The minimum Gasteiger partial charge on any atom is -0.423 e. The molecule has 0 atom stereocenters. The number of rotatable bonds is 4. The summed E-state index contributed by atoms with van der Waals surface area (Å²) in [6.07, 6.45) is 0. The molecule has 0 aliphatic heterocycles. The third-order valence-corrected chi connectivity index (χ3v) is 3.49. The molecule has 7 heteroatoms. The van der Waals surface area contributed by atoms with Crippen LogP contribution in [0.4, 0.5) is 0 Å². The Hall–Kier alpha value is -1.53. The maximum Gasteiger partial charge on any atom is 0.488 e. The van der Waals surface area contributed by atoms with Crippen molar-refractivity contribution in [1.82, 2.24) is 5.32 Å². The first-order valence-corrected chi connectivity index (χ1v) is 6.91. The molecule has 0 aromatic heterocycles.